The van der Waals surface area contributed by atoms with Gasteiger partial charge in [0.15, 0.2) is 0 Å². The lowest BCUT2D eigenvalue weighted by Gasteiger charge is -2.13. The summed E-state index contributed by atoms with van der Waals surface area (Å²) in [6, 6.07) is 12.4. The van der Waals surface area contributed by atoms with Crippen LogP contribution in [0.25, 0.3) is 0 Å². The van der Waals surface area contributed by atoms with Crippen molar-refractivity contribution in [3.05, 3.63) is 57.3 Å². The molecule has 1 atom stereocenters. The molecule has 2 aromatic rings. The van der Waals surface area contributed by atoms with Crippen molar-refractivity contribution in [1.82, 2.24) is 5.32 Å². The molecule has 0 fully saturated rings. The normalized spacial score (nSPS) is 12.1. The van der Waals surface area contributed by atoms with E-state index in [1.54, 1.807) is 11.3 Å². The molecule has 18 heavy (non-hydrogen) atoms. The van der Waals surface area contributed by atoms with Crippen LogP contribution in [0.15, 0.2) is 35.7 Å². The van der Waals surface area contributed by atoms with E-state index in [9.17, 15) is 0 Å². The molecule has 0 amide bonds. The molecule has 0 saturated carbocycles. The maximum Gasteiger partial charge on any atom is 0.0991 e. The van der Waals surface area contributed by atoms with Crippen LogP contribution in [-0.4, -0.2) is 0 Å². The van der Waals surface area contributed by atoms with Gasteiger partial charge in [0.05, 0.1) is 11.6 Å². The van der Waals surface area contributed by atoms with Crippen LogP contribution >= 0.6 is 11.3 Å². The van der Waals surface area contributed by atoms with Gasteiger partial charge in [-0.05, 0) is 48.6 Å². The van der Waals surface area contributed by atoms with Gasteiger partial charge in [0, 0.05) is 17.5 Å². The van der Waals surface area contributed by atoms with Gasteiger partial charge < -0.3 is 5.32 Å². The van der Waals surface area contributed by atoms with Crippen molar-refractivity contribution in [3.63, 3.8) is 0 Å². The Bertz CT molecular complexity index is 566. The highest BCUT2D eigenvalue weighted by atomic mass is 32.1. The Morgan fingerprint density at radius 3 is 2.89 bits per heavy atom. The molecule has 0 aliphatic heterocycles. The molecule has 0 spiro atoms. The fourth-order valence-electron chi connectivity index (χ4n) is 1.94. The molecule has 1 N–H and O–H groups in total. The number of nitrogens with zero attached hydrogens (tertiary/aromatic N) is 1. The van der Waals surface area contributed by atoms with Crippen molar-refractivity contribution in [2.24, 2.45) is 0 Å². The summed E-state index contributed by atoms with van der Waals surface area (Å²) < 4.78 is 0. The molecule has 3 heteroatoms. The number of hydrogen-bond donors (Lipinski definition) is 1. The van der Waals surface area contributed by atoms with Crippen LogP contribution in [0.5, 0.6) is 0 Å². The lowest BCUT2D eigenvalue weighted by Crippen LogP contribution is -2.17. The summed E-state index contributed by atoms with van der Waals surface area (Å²) in [4.78, 5) is 1.38. The number of nitrogens with one attached hydrogen (secondary N) is 1. The Labute approximate surface area is 112 Å². The third kappa shape index (κ3) is 2.98. The maximum atomic E-state index is 8.86. The molecule has 92 valence electrons. The molecule has 1 aromatic heterocycles. The molecule has 1 heterocycles. The SMILES string of the molecule is Cc1ccsc1C(C)NCc1cccc(C#N)c1. The van der Waals surface area contributed by atoms with Gasteiger partial charge >= 0.3 is 0 Å². The van der Waals surface area contributed by atoms with Crippen molar-refractivity contribution in [1.29, 1.82) is 5.26 Å². The van der Waals surface area contributed by atoms with Gasteiger partial charge in [0.2, 0.25) is 0 Å². The molecular weight excluding hydrogens is 240 g/mol. The molecule has 0 aliphatic carbocycles. The van der Waals surface area contributed by atoms with Gasteiger partial charge in [0.1, 0.15) is 0 Å². The monoisotopic (exact) mass is 256 g/mol. The fourth-order valence-corrected chi connectivity index (χ4v) is 2.90. The van der Waals surface area contributed by atoms with Crippen LogP contribution in [0.3, 0.4) is 0 Å². The topological polar surface area (TPSA) is 35.8 Å². The van der Waals surface area contributed by atoms with E-state index in [1.807, 2.05) is 24.3 Å². The summed E-state index contributed by atoms with van der Waals surface area (Å²) in [5.74, 6) is 0. The molecule has 2 rings (SSSR count). The average molecular weight is 256 g/mol. The van der Waals surface area contributed by atoms with Gasteiger partial charge in [-0.1, -0.05) is 12.1 Å². The second kappa shape index (κ2) is 5.81. The molecular formula is C15H16N2S. The summed E-state index contributed by atoms with van der Waals surface area (Å²) in [6.45, 7) is 5.10. The van der Waals surface area contributed by atoms with E-state index >= 15 is 0 Å². The molecule has 2 nitrogen and oxygen atoms in total. The van der Waals surface area contributed by atoms with E-state index < -0.39 is 0 Å². The third-order valence-corrected chi connectivity index (χ3v) is 4.17. The predicted molar refractivity (Wildman–Crippen MR) is 75.5 cm³/mol. The van der Waals surface area contributed by atoms with Crippen LogP contribution in [0, 0.1) is 18.3 Å². The summed E-state index contributed by atoms with van der Waals surface area (Å²) >= 11 is 1.79. The highest BCUT2D eigenvalue weighted by Crippen LogP contribution is 2.23. The van der Waals surface area contributed by atoms with E-state index in [2.05, 4.69) is 36.7 Å². The minimum absolute atomic E-state index is 0.343. The zero-order valence-electron chi connectivity index (χ0n) is 10.6. The molecule has 1 aromatic carbocycles. The van der Waals surface area contributed by atoms with E-state index in [-0.39, 0.29) is 0 Å². The van der Waals surface area contributed by atoms with Crippen molar-refractivity contribution in [2.75, 3.05) is 0 Å². The van der Waals surface area contributed by atoms with Crippen LogP contribution in [0.4, 0.5) is 0 Å². The first kappa shape index (κ1) is 12.8. The Hall–Kier alpha value is -1.63. The van der Waals surface area contributed by atoms with Crippen LogP contribution in [0.2, 0.25) is 0 Å². The minimum Gasteiger partial charge on any atom is -0.305 e. The first-order valence-corrected chi connectivity index (χ1v) is 6.85. The van der Waals surface area contributed by atoms with E-state index in [4.69, 9.17) is 5.26 Å². The maximum absolute atomic E-state index is 8.86. The molecule has 1 unspecified atom stereocenters. The molecule has 0 saturated heterocycles. The standard InChI is InChI=1S/C15H16N2S/c1-11-6-7-18-15(11)12(2)17-10-14-5-3-4-13(8-14)9-16/h3-8,12,17H,10H2,1-2H3. The van der Waals surface area contributed by atoms with Crippen LogP contribution in [0.1, 0.15) is 34.5 Å². The summed E-state index contributed by atoms with van der Waals surface area (Å²) in [6.07, 6.45) is 0. The van der Waals surface area contributed by atoms with Gasteiger partial charge in [0.25, 0.3) is 0 Å². The highest BCUT2D eigenvalue weighted by molar-refractivity contribution is 7.10. The van der Waals surface area contributed by atoms with Crippen molar-refractivity contribution < 1.29 is 0 Å². The number of nitriles is 1. The Morgan fingerprint density at radius 2 is 2.22 bits per heavy atom. The summed E-state index contributed by atoms with van der Waals surface area (Å²) in [7, 11) is 0. The van der Waals surface area contributed by atoms with E-state index in [0.29, 0.717) is 11.6 Å². The first-order chi connectivity index (χ1) is 8.70. The zero-order valence-corrected chi connectivity index (χ0v) is 11.4. The van der Waals surface area contributed by atoms with E-state index in [0.717, 1.165) is 12.1 Å². The Balaban J connectivity index is 1.99. The molecule has 0 radical (unpaired) electrons. The summed E-state index contributed by atoms with van der Waals surface area (Å²) in [5.41, 5.74) is 3.20. The number of thiophene rings is 1. The van der Waals surface area contributed by atoms with Gasteiger partial charge in [-0.25, -0.2) is 0 Å². The van der Waals surface area contributed by atoms with Crippen molar-refractivity contribution in [2.45, 2.75) is 26.4 Å². The number of aryl methyl sites for hydroxylation is 1. The smallest absolute Gasteiger partial charge is 0.0991 e. The van der Waals surface area contributed by atoms with Gasteiger partial charge in [-0.15, -0.1) is 11.3 Å². The zero-order chi connectivity index (χ0) is 13.0. The fraction of sp³-hybridized carbons (Fsp3) is 0.267. The van der Waals surface area contributed by atoms with Crippen molar-refractivity contribution in [3.8, 4) is 6.07 Å². The van der Waals surface area contributed by atoms with Crippen LogP contribution < -0.4 is 5.32 Å². The predicted octanol–water partition coefficient (Wildman–Crippen LogP) is 3.78. The molecule has 0 aliphatic rings. The van der Waals surface area contributed by atoms with Crippen LogP contribution in [-0.2, 0) is 6.54 Å². The Morgan fingerprint density at radius 1 is 1.39 bits per heavy atom. The first-order valence-electron chi connectivity index (χ1n) is 5.97. The second-order valence-electron chi connectivity index (χ2n) is 4.38. The largest absolute Gasteiger partial charge is 0.305 e. The average Bonchev–Trinajstić information content (AvgIpc) is 2.82. The second-order valence-corrected chi connectivity index (χ2v) is 5.33. The minimum atomic E-state index is 0.343. The lowest BCUT2D eigenvalue weighted by atomic mass is 10.1. The van der Waals surface area contributed by atoms with Gasteiger partial charge in [-0.3, -0.25) is 0 Å². The van der Waals surface area contributed by atoms with Crippen molar-refractivity contribution >= 4 is 11.3 Å². The Kier molecular flexibility index (Phi) is 4.14. The third-order valence-electron chi connectivity index (χ3n) is 2.96. The highest BCUT2D eigenvalue weighted by Gasteiger charge is 2.09. The lowest BCUT2D eigenvalue weighted by molar-refractivity contribution is 0.581. The number of hydrogen-bond acceptors (Lipinski definition) is 3. The quantitative estimate of drug-likeness (QED) is 0.903. The number of benzene rings is 1. The summed E-state index contributed by atoms with van der Waals surface area (Å²) in [5, 5.41) is 14.5. The number of rotatable bonds is 4. The van der Waals surface area contributed by atoms with Gasteiger partial charge in [-0.2, -0.15) is 5.26 Å². The van der Waals surface area contributed by atoms with E-state index in [1.165, 1.54) is 10.4 Å². The molecule has 0 bridgehead atoms.